The van der Waals surface area contributed by atoms with Crippen molar-refractivity contribution in [2.24, 2.45) is 0 Å². The van der Waals surface area contributed by atoms with Crippen LogP contribution in [-0.2, 0) is 4.79 Å². The van der Waals surface area contributed by atoms with E-state index in [4.69, 9.17) is 4.98 Å². The largest absolute Gasteiger partial charge is 0.354 e. The van der Waals surface area contributed by atoms with Crippen LogP contribution in [0.3, 0.4) is 0 Å². The predicted molar refractivity (Wildman–Crippen MR) is 128 cm³/mol. The maximum atomic E-state index is 12.1. The van der Waals surface area contributed by atoms with Crippen molar-refractivity contribution in [3.05, 3.63) is 53.6 Å². The molecule has 1 aromatic heterocycles. The number of rotatable bonds is 7. The number of nitrogens with one attached hydrogen (secondary N) is 1. The quantitative estimate of drug-likeness (QED) is 0.564. The predicted octanol–water partition coefficient (Wildman–Crippen LogP) is 3.94. The highest BCUT2D eigenvalue weighted by Gasteiger charge is 2.19. The summed E-state index contributed by atoms with van der Waals surface area (Å²) in [5, 5.41) is 4.17. The minimum atomic E-state index is 0.101. The fraction of sp³-hybridized carbons (Fsp3) is 0.391. The molecule has 4 rings (SSSR count). The molecule has 158 valence electrons. The third kappa shape index (κ3) is 5.53. The SMILES string of the molecule is Cc1ccc(SCC(=O)NCCN2CCN(c3nc4ccc(C)cc4s3)CC2)cc1. The lowest BCUT2D eigenvalue weighted by Gasteiger charge is -2.34. The summed E-state index contributed by atoms with van der Waals surface area (Å²) in [5.74, 6) is 0.567. The number of thiazole rings is 1. The molecule has 2 aromatic carbocycles. The Kier molecular flexibility index (Phi) is 6.92. The molecule has 0 atom stereocenters. The summed E-state index contributed by atoms with van der Waals surface area (Å²) in [6.07, 6.45) is 0. The highest BCUT2D eigenvalue weighted by atomic mass is 32.2. The second-order valence-corrected chi connectivity index (χ2v) is 9.81. The maximum absolute atomic E-state index is 12.1. The van der Waals surface area contributed by atoms with Crippen molar-refractivity contribution in [2.45, 2.75) is 18.7 Å². The van der Waals surface area contributed by atoms with Gasteiger partial charge in [0.1, 0.15) is 0 Å². The first-order chi connectivity index (χ1) is 14.6. The Morgan fingerprint density at radius 3 is 2.57 bits per heavy atom. The van der Waals surface area contributed by atoms with Gasteiger partial charge in [0.25, 0.3) is 0 Å². The minimum absolute atomic E-state index is 0.101. The molecular formula is C23H28N4OS2. The van der Waals surface area contributed by atoms with E-state index < -0.39 is 0 Å². The van der Waals surface area contributed by atoms with E-state index in [-0.39, 0.29) is 5.91 Å². The van der Waals surface area contributed by atoms with E-state index in [2.05, 4.69) is 71.4 Å². The Balaban J connectivity index is 1.16. The first-order valence-corrected chi connectivity index (χ1v) is 12.2. The number of amides is 1. The van der Waals surface area contributed by atoms with Gasteiger partial charge < -0.3 is 10.2 Å². The van der Waals surface area contributed by atoms with Gasteiger partial charge in [-0.15, -0.1) is 11.8 Å². The maximum Gasteiger partial charge on any atom is 0.230 e. The first-order valence-electron chi connectivity index (χ1n) is 10.4. The molecule has 3 aromatic rings. The molecule has 0 saturated carbocycles. The molecule has 1 amide bonds. The van der Waals surface area contributed by atoms with Gasteiger partial charge in [0.15, 0.2) is 5.13 Å². The zero-order chi connectivity index (χ0) is 20.9. The van der Waals surface area contributed by atoms with Gasteiger partial charge in [0.05, 0.1) is 16.0 Å². The molecule has 1 aliphatic rings. The second kappa shape index (κ2) is 9.81. The van der Waals surface area contributed by atoms with Crippen LogP contribution in [0.15, 0.2) is 47.4 Å². The van der Waals surface area contributed by atoms with Crippen molar-refractivity contribution in [3.8, 4) is 0 Å². The van der Waals surface area contributed by atoms with Gasteiger partial charge in [0, 0.05) is 44.2 Å². The molecule has 5 nitrogen and oxygen atoms in total. The van der Waals surface area contributed by atoms with E-state index in [0.717, 1.165) is 48.3 Å². The van der Waals surface area contributed by atoms with Crippen LogP contribution in [0.4, 0.5) is 5.13 Å². The highest BCUT2D eigenvalue weighted by molar-refractivity contribution is 8.00. The smallest absolute Gasteiger partial charge is 0.230 e. The van der Waals surface area contributed by atoms with Gasteiger partial charge in [-0.3, -0.25) is 9.69 Å². The van der Waals surface area contributed by atoms with Crippen LogP contribution in [0.2, 0.25) is 0 Å². The van der Waals surface area contributed by atoms with E-state index in [1.165, 1.54) is 15.8 Å². The summed E-state index contributed by atoms with van der Waals surface area (Å²) in [6.45, 7) is 9.76. The van der Waals surface area contributed by atoms with E-state index in [0.29, 0.717) is 12.3 Å². The van der Waals surface area contributed by atoms with Gasteiger partial charge >= 0.3 is 0 Å². The highest BCUT2D eigenvalue weighted by Crippen LogP contribution is 2.30. The number of thioether (sulfide) groups is 1. The zero-order valence-electron chi connectivity index (χ0n) is 17.6. The summed E-state index contributed by atoms with van der Waals surface area (Å²) in [4.78, 5) is 22.8. The molecule has 0 radical (unpaired) electrons. The van der Waals surface area contributed by atoms with Gasteiger partial charge in [-0.1, -0.05) is 35.1 Å². The molecule has 1 saturated heterocycles. The summed E-state index contributed by atoms with van der Waals surface area (Å²) in [7, 11) is 0. The molecule has 1 aliphatic heterocycles. The van der Waals surface area contributed by atoms with E-state index in [1.54, 1.807) is 23.1 Å². The molecule has 2 heterocycles. The number of hydrogen-bond acceptors (Lipinski definition) is 6. The number of carbonyl (C=O) groups is 1. The Bertz CT molecular complexity index is 994. The van der Waals surface area contributed by atoms with Crippen molar-refractivity contribution in [2.75, 3.05) is 49.9 Å². The fourth-order valence-corrected chi connectivity index (χ4v) is 5.35. The number of benzene rings is 2. The van der Waals surface area contributed by atoms with Crippen LogP contribution in [0.1, 0.15) is 11.1 Å². The van der Waals surface area contributed by atoms with E-state index in [9.17, 15) is 4.79 Å². The first kappa shape index (κ1) is 21.2. The lowest BCUT2D eigenvalue weighted by molar-refractivity contribution is -0.118. The van der Waals surface area contributed by atoms with Crippen molar-refractivity contribution >= 4 is 44.4 Å². The second-order valence-electron chi connectivity index (χ2n) is 7.75. The number of carbonyl (C=O) groups excluding carboxylic acids is 1. The summed E-state index contributed by atoms with van der Waals surface area (Å²) >= 11 is 3.37. The Labute approximate surface area is 186 Å². The van der Waals surface area contributed by atoms with Crippen molar-refractivity contribution in [1.29, 1.82) is 0 Å². The van der Waals surface area contributed by atoms with Crippen molar-refractivity contribution in [1.82, 2.24) is 15.2 Å². The molecule has 30 heavy (non-hydrogen) atoms. The van der Waals surface area contributed by atoms with E-state index in [1.807, 2.05) is 0 Å². The van der Waals surface area contributed by atoms with Crippen LogP contribution < -0.4 is 10.2 Å². The van der Waals surface area contributed by atoms with E-state index >= 15 is 0 Å². The number of hydrogen-bond donors (Lipinski definition) is 1. The number of aromatic nitrogens is 1. The number of fused-ring (bicyclic) bond motifs is 1. The van der Waals surface area contributed by atoms with Crippen LogP contribution in [0.25, 0.3) is 10.2 Å². The molecule has 1 fully saturated rings. The molecule has 0 spiro atoms. The molecule has 1 N–H and O–H groups in total. The van der Waals surface area contributed by atoms with Gasteiger partial charge in [-0.2, -0.15) is 0 Å². The minimum Gasteiger partial charge on any atom is -0.354 e. The average Bonchev–Trinajstić information content (AvgIpc) is 3.17. The third-order valence-corrected chi connectivity index (χ3v) is 7.41. The Hall–Kier alpha value is -2.09. The zero-order valence-corrected chi connectivity index (χ0v) is 19.2. The van der Waals surface area contributed by atoms with Crippen LogP contribution in [0, 0.1) is 13.8 Å². The number of anilines is 1. The number of piperazine rings is 1. The lowest BCUT2D eigenvalue weighted by atomic mass is 10.2. The normalized spacial score (nSPS) is 14.9. The number of aryl methyl sites for hydroxylation is 2. The molecule has 0 aliphatic carbocycles. The average molecular weight is 441 g/mol. The summed E-state index contributed by atoms with van der Waals surface area (Å²) < 4.78 is 1.26. The van der Waals surface area contributed by atoms with Crippen LogP contribution >= 0.6 is 23.1 Å². The topological polar surface area (TPSA) is 48.5 Å². The van der Waals surface area contributed by atoms with Gasteiger partial charge in [-0.05, 0) is 43.7 Å². The Morgan fingerprint density at radius 1 is 1.07 bits per heavy atom. The molecule has 0 bridgehead atoms. The van der Waals surface area contributed by atoms with Crippen molar-refractivity contribution in [3.63, 3.8) is 0 Å². The van der Waals surface area contributed by atoms with Crippen molar-refractivity contribution < 1.29 is 4.79 Å². The van der Waals surface area contributed by atoms with Crippen LogP contribution in [0.5, 0.6) is 0 Å². The van der Waals surface area contributed by atoms with Gasteiger partial charge in [0.2, 0.25) is 5.91 Å². The Morgan fingerprint density at radius 2 is 1.80 bits per heavy atom. The monoisotopic (exact) mass is 440 g/mol. The summed E-state index contributed by atoms with van der Waals surface area (Å²) in [6, 6.07) is 14.7. The fourth-order valence-electron chi connectivity index (χ4n) is 3.51. The van der Waals surface area contributed by atoms with Gasteiger partial charge in [-0.25, -0.2) is 4.98 Å². The third-order valence-electron chi connectivity index (χ3n) is 5.32. The standard InChI is InChI=1S/C23H28N4OS2/c1-17-3-6-19(7-4-17)29-16-22(28)24-9-10-26-11-13-27(14-12-26)23-25-20-8-5-18(2)15-21(20)30-23/h3-8,15H,9-14,16H2,1-2H3,(H,24,28). The van der Waals surface area contributed by atoms with Crippen LogP contribution in [-0.4, -0.2) is 60.8 Å². The molecular weight excluding hydrogens is 412 g/mol. The lowest BCUT2D eigenvalue weighted by Crippen LogP contribution is -2.48. The molecule has 0 unspecified atom stereocenters. The summed E-state index contributed by atoms with van der Waals surface area (Å²) in [5.41, 5.74) is 3.61. The molecule has 7 heteroatoms. The number of nitrogens with zero attached hydrogens (tertiary/aromatic N) is 3.